The van der Waals surface area contributed by atoms with Crippen molar-refractivity contribution in [2.45, 2.75) is 31.8 Å². The molecule has 1 aromatic carbocycles. The van der Waals surface area contributed by atoms with Gasteiger partial charge in [-0.2, -0.15) is 26.3 Å². The van der Waals surface area contributed by atoms with Crippen LogP contribution in [0.3, 0.4) is 0 Å². The molecule has 0 radical (unpaired) electrons. The fraction of sp³-hybridized carbons (Fsp3) is 0.455. The van der Waals surface area contributed by atoms with Crippen LogP contribution in [0.4, 0.5) is 26.3 Å². The van der Waals surface area contributed by atoms with Gasteiger partial charge in [-0.3, -0.25) is 0 Å². The normalized spacial score (nSPS) is 16.5. The van der Waals surface area contributed by atoms with E-state index in [1.165, 1.54) is 6.92 Å². The van der Waals surface area contributed by atoms with Crippen LogP contribution in [0.5, 0.6) is 0 Å². The molecule has 1 nitrogen and oxygen atoms in total. The van der Waals surface area contributed by atoms with Crippen molar-refractivity contribution in [3.05, 3.63) is 34.9 Å². The molecular formula is C11H10F6O. The van der Waals surface area contributed by atoms with Gasteiger partial charge in [0.25, 0.3) is 0 Å². The number of hydrogen-bond acceptors (Lipinski definition) is 1. The summed E-state index contributed by atoms with van der Waals surface area (Å²) in [6, 6.07) is 2.50. The minimum Gasteiger partial charge on any atom is -0.350 e. The fourth-order valence-electron chi connectivity index (χ4n) is 1.31. The number of rotatable bonds is 2. The zero-order valence-corrected chi connectivity index (χ0v) is 9.45. The molecule has 0 saturated carbocycles. The Kier molecular flexibility index (Phi) is 3.42. The molecule has 0 amide bonds. The summed E-state index contributed by atoms with van der Waals surface area (Å²) in [5.41, 5.74) is -0.401. The summed E-state index contributed by atoms with van der Waals surface area (Å²) in [7, 11) is 0. The minimum atomic E-state index is -6.09. The molecule has 1 atom stereocenters. The topological polar surface area (TPSA) is 20.2 Å². The Balaban J connectivity index is 3.33. The smallest absolute Gasteiger partial charge is 0.350 e. The number of halogens is 6. The zero-order chi connectivity index (χ0) is 14.4. The highest BCUT2D eigenvalue weighted by atomic mass is 19.4. The number of aliphatic hydroxyl groups is 1. The minimum absolute atomic E-state index is 0.269. The molecule has 0 saturated heterocycles. The molecule has 0 aliphatic heterocycles. The SMILES string of the molecule is Cc1ccc(C(F)(F)C(O)(F)C(F)(F)F)cc1C. The van der Waals surface area contributed by atoms with E-state index in [-0.39, 0.29) is 5.56 Å². The van der Waals surface area contributed by atoms with Crippen LogP contribution >= 0.6 is 0 Å². The van der Waals surface area contributed by atoms with E-state index >= 15 is 0 Å². The van der Waals surface area contributed by atoms with Crippen LogP contribution in [0.2, 0.25) is 0 Å². The van der Waals surface area contributed by atoms with Crippen LogP contribution in [-0.2, 0) is 5.92 Å². The van der Waals surface area contributed by atoms with E-state index in [1.807, 2.05) is 0 Å². The van der Waals surface area contributed by atoms with E-state index in [2.05, 4.69) is 0 Å². The highest BCUT2D eigenvalue weighted by Gasteiger charge is 2.71. The molecule has 0 aliphatic carbocycles. The van der Waals surface area contributed by atoms with Gasteiger partial charge in [0.1, 0.15) is 0 Å². The van der Waals surface area contributed by atoms with Crippen LogP contribution in [0.15, 0.2) is 18.2 Å². The molecule has 0 heterocycles. The van der Waals surface area contributed by atoms with Crippen molar-refractivity contribution in [3.8, 4) is 0 Å². The van der Waals surface area contributed by atoms with Gasteiger partial charge in [-0.05, 0) is 31.0 Å². The van der Waals surface area contributed by atoms with Gasteiger partial charge in [0.15, 0.2) is 0 Å². The highest BCUT2D eigenvalue weighted by molar-refractivity contribution is 5.33. The summed E-state index contributed by atoms with van der Waals surface area (Å²) in [6.07, 6.45) is -6.09. The molecule has 0 aliphatic rings. The number of hydrogen-bond donors (Lipinski definition) is 1. The third-order valence-corrected chi connectivity index (χ3v) is 2.66. The molecule has 18 heavy (non-hydrogen) atoms. The summed E-state index contributed by atoms with van der Waals surface area (Å²) in [5, 5.41) is 8.45. The Hall–Kier alpha value is -1.24. The Morgan fingerprint density at radius 1 is 0.889 bits per heavy atom. The van der Waals surface area contributed by atoms with Gasteiger partial charge in [0.2, 0.25) is 0 Å². The third-order valence-electron chi connectivity index (χ3n) is 2.66. The Morgan fingerprint density at radius 2 is 1.39 bits per heavy atom. The second kappa shape index (κ2) is 4.15. The van der Waals surface area contributed by atoms with Gasteiger partial charge in [-0.1, -0.05) is 12.1 Å². The predicted octanol–water partition coefficient (Wildman–Crippen LogP) is 3.62. The molecule has 1 aromatic rings. The van der Waals surface area contributed by atoms with Crippen molar-refractivity contribution < 1.29 is 31.4 Å². The van der Waals surface area contributed by atoms with Crippen molar-refractivity contribution in [3.63, 3.8) is 0 Å². The molecule has 102 valence electrons. The van der Waals surface area contributed by atoms with Gasteiger partial charge >= 0.3 is 18.0 Å². The van der Waals surface area contributed by atoms with E-state index < -0.39 is 23.5 Å². The third kappa shape index (κ3) is 2.19. The Labute approximate surface area is 99.0 Å². The fourth-order valence-corrected chi connectivity index (χ4v) is 1.31. The maximum absolute atomic E-state index is 13.4. The first kappa shape index (κ1) is 14.8. The number of aryl methyl sites for hydroxylation is 2. The highest BCUT2D eigenvalue weighted by Crippen LogP contribution is 2.49. The van der Waals surface area contributed by atoms with Crippen LogP contribution in [-0.4, -0.2) is 17.1 Å². The second-order valence-corrected chi connectivity index (χ2v) is 3.99. The van der Waals surface area contributed by atoms with E-state index in [4.69, 9.17) is 5.11 Å². The van der Waals surface area contributed by atoms with Crippen molar-refractivity contribution in [1.82, 2.24) is 0 Å². The molecule has 0 spiro atoms. The predicted molar refractivity (Wildman–Crippen MR) is 51.9 cm³/mol. The first-order chi connectivity index (χ1) is 7.91. The zero-order valence-electron chi connectivity index (χ0n) is 9.45. The molecule has 1 N–H and O–H groups in total. The number of alkyl halides is 6. The van der Waals surface area contributed by atoms with Crippen molar-refractivity contribution >= 4 is 0 Å². The Morgan fingerprint density at radius 3 is 1.78 bits per heavy atom. The van der Waals surface area contributed by atoms with Gasteiger partial charge in [0.05, 0.1) is 0 Å². The van der Waals surface area contributed by atoms with Crippen LogP contribution < -0.4 is 0 Å². The van der Waals surface area contributed by atoms with Gasteiger partial charge in [-0.15, -0.1) is 0 Å². The van der Waals surface area contributed by atoms with E-state index in [9.17, 15) is 26.3 Å². The lowest BCUT2D eigenvalue weighted by atomic mass is 9.97. The maximum Gasteiger partial charge on any atom is 0.455 e. The molecule has 0 fully saturated rings. The largest absolute Gasteiger partial charge is 0.455 e. The summed E-state index contributed by atoms with van der Waals surface area (Å²) < 4.78 is 76.0. The van der Waals surface area contributed by atoms with Crippen molar-refractivity contribution in [1.29, 1.82) is 0 Å². The molecule has 0 aromatic heterocycles. The van der Waals surface area contributed by atoms with Crippen molar-refractivity contribution in [2.24, 2.45) is 0 Å². The lowest BCUT2D eigenvalue weighted by molar-refractivity contribution is -0.390. The lowest BCUT2D eigenvalue weighted by Gasteiger charge is -2.30. The summed E-state index contributed by atoms with van der Waals surface area (Å²) in [5.74, 6) is -10.7. The van der Waals surface area contributed by atoms with Gasteiger partial charge in [-0.25, -0.2) is 0 Å². The summed E-state index contributed by atoms with van der Waals surface area (Å²) in [6.45, 7) is 2.95. The molecule has 1 rings (SSSR count). The van der Waals surface area contributed by atoms with Crippen LogP contribution in [0.1, 0.15) is 16.7 Å². The molecule has 0 bridgehead atoms. The van der Waals surface area contributed by atoms with Crippen LogP contribution in [0.25, 0.3) is 0 Å². The standard InChI is InChI=1S/C11H10F6O/c1-6-3-4-8(5-7(6)2)9(12,13)10(14,18)11(15,16)17/h3-5,18H,1-2H3. The molecule has 1 unspecified atom stereocenters. The molecule has 7 heteroatoms. The first-order valence-corrected chi connectivity index (χ1v) is 4.85. The van der Waals surface area contributed by atoms with Gasteiger partial charge in [0, 0.05) is 5.56 Å². The summed E-state index contributed by atoms with van der Waals surface area (Å²) >= 11 is 0. The maximum atomic E-state index is 13.4. The Bertz CT molecular complexity index is 449. The first-order valence-electron chi connectivity index (χ1n) is 4.85. The van der Waals surface area contributed by atoms with Crippen LogP contribution in [0, 0.1) is 13.8 Å². The molecular weight excluding hydrogens is 262 g/mol. The number of benzene rings is 1. The van der Waals surface area contributed by atoms with E-state index in [0.29, 0.717) is 17.7 Å². The quantitative estimate of drug-likeness (QED) is 0.815. The van der Waals surface area contributed by atoms with Crippen molar-refractivity contribution in [2.75, 3.05) is 0 Å². The summed E-state index contributed by atoms with van der Waals surface area (Å²) in [4.78, 5) is 0. The van der Waals surface area contributed by atoms with Gasteiger partial charge < -0.3 is 5.11 Å². The average Bonchev–Trinajstić information content (AvgIpc) is 2.20. The van der Waals surface area contributed by atoms with E-state index in [1.54, 1.807) is 6.92 Å². The lowest BCUT2D eigenvalue weighted by Crippen LogP contribution is -2.53. The monoisotopic (exact) mass is 272 g/mol. The second-order valence-electron chi connectivity index (χ2n) is 3.99. The average molecular weight is 272 g/mol. The van der Waals surface area contributed by atoms with E-state index in [0.717, 1.165) is 6.07 Å².